The molecule has 0 atom stereocenters. The zero-order valence-corrected chi connectivity index (χ0v) is 17.5. The van der Waals surface area contributed by atoms with E-state index in [1.807, 2.05) is 67.6 Å². The van der Waals surface area contributed by atoms with Gasteiger partial charge in [-0.2, -0.15) is 0 Å². The summed E-state index contributed by atoms with van der Waals surface area (Å²) in [6.07, 6.45) is 1.77. The number of pyridine rings is 1. The standard InChI is InChI=1S/C24H26N4O3/c1-18-6-4-8-20(16-18)31-22-10-3-2-9-21(22)27-24(29)26-17-19-7-5-11-25-23(19)28-12-14-30-15-13-28/h2-11,16H,12-15,17H2,1H3,(H2,26,27,29). The summed E-state index contributed by atoms with van der Waals surface area (Å²) < 4.78 is 11.4. The van der Waals surface area contributed by atoms with Crippen molar-refractivity contribution in [1.29, 1.82) is 0 Å². The Balaban J connectivity index is 1.40. The quantitative estimate of drug-likeness (QED) is 0.623. The van der Waals surface area contributed by atoms with Gasteiger partial charge >= 0.3 is 6.03 Å². The summed E-state index contributed by atoms with van der Waals surface area (Å²) in [5.41, 5.74) is 2.66. The molecule has 0 unspecified atom stereocenters. The van der Waals surface area contributed by atoms with Crippen LogP contribution in [0.5, 0.6) is 11.5 Å². The first-order valence-corrected chi connectivity index (χ1v) is 10.3. The molecular formula is C24H26N4O3. The molecule has 2 aromatic carbocycles. The van der Waals surface area contributed by atoms with Gasteiger partial charge in [0.15, 0.2) is 5.75 Å². The predicted octanol–water partition coefficient (Wildman–Crippen LogP) is 4.34. The monoisotopic (exact) mass is 418 g/mol. The number of hydrogen-bond acceptors (Lipinski definition) is 5. The third-order valence-electron chi connectivity index (χ3n) is 4.97. The molecule has 2 heterocycles. The van der Waals surface area contributed by atoms with E-state index in [4.69, 9.17) is 9.47 Å². The van der Waals surface area contributed by atoms with Gasteiger partial charge in [0.2, 0.25) is 0 Å². The first-order valence-electron chi connectivity index (χ1n) is 10.3. The number of carbonyl (C=O) groups is 1. The number of para-hydroxylation sites is 2. The highest BCUT2D eigenvalue weighted by Crippen LogP contribution is 2.29. The highest BCUT2D eigenvalue weighted by molar-refractivity contribution is 5.91. The van der Waals surface area contributed by atoms with Gasteiger partial charge in [0.05, 0.1) is 18.9 Å². The number of morpholine rings is 1. The zero-order valence-electron chi connectivity index (χ0n) is 17.5. The van der Waals surface area contributed by atoms with Crippen LogP contribution in [0.15, 0.2) is 66.9 Å². The van der Waals surface area contributed by atoms with Gasteiger partial charge in [-0.3, -0.25) is 0 Å². The third kappa shape index (κ3) is 5.52. The number of ether oxygens (including phenoxy) is 2. The maximum absolute atomic E-state index is 12.6. The Hall–Kier alpha value is -3.58. The number of nitrogens with one attached hydrogen (secondary N) is 2. The minimum absolute atomic E-state index is 0.308. The Kier molecular flexibility index (Phi) is 6.64. The van der Waals surface area contributed by atoms with E-state index in [0.717, 1.165) is 35.8 Å². The Morgan fingerprint density at radius 2 is 1.94 bits per heavy atom. The molecule has 1 aliphatic rings. The summed E-state index contributed by atoms with van der Waals surface area (Å²) in [5.74, 6) is 2.19. The molecule has 4 rings (SSSR count). The van der Waals surface area contributed by atoms with Crippen LogP contribution in [0.2, 0.25) is 0 Å². The molecule has 31 heavy (non-hydrogen) atoms. The van der Waals surface area contributed by atoms with Crippen molar-refractivity contribution in [3.8, 4) is 11.5 Å². The van der Waals surface area contributed by atoms with Gasteiger partial charge in [-0.1, -0.05) is 30.3 Å². The summed E-state index contributed by atoms with van der Waals surface area (Å²) in [7, 11) is 0. The van der Waals surface area contributed by atoms with E-state index in [-0.39, 0.29) is 6.03 Å². The lowest BCUT2D eigenvalue weighted by atomic mass is 10.2. The number of benzene rings is 2. The Labute approximate surface area is 182 Å². The van der Waals surface area contributed by atoms with Crippen LogP contribution in [0.1, 0.15) is 11.1 Å². The van der Waals surface area contributed by atoms with E-state index in [0.29, 0.717) is 31.2 Å². The van der Waals surface area contributed by atoms with Crippen molar-refractivity contribution in [2.75, 3.05) is 36.5 Å². The summed E-state index contributed by atoms with van der Waals surface area (Å²) in [6, 6.07) is 18.7. The molecular weight excluding hydrogens is 392 g/mol. The van der Waals surface area contributed by atoms with E-state index >= 15 is 0 Å². The number of urea groups is 1. The molecule has 1 saturated heterocycles. The van der Waals surface area contributed by atoms with Crippen LogP contribution < -0.4 is 20.3 Å². The number of carbonyl (C=O) groups excluding carboxylic acids is 1. The van der Waals surface area contributed by atoms with Crippen LogP contribution in [0.4, 0.5) is 16.3 Å². The van der Waals surface area contributed by atoms with Gasteiger partial charge in [-0.15, -0.1) is 0 Å². The van der Waals surface area contributed by atoms with E-state index < -0.39 is 0 Å². The molecule has 0 radical (unpaired) electrons. The number of aryl methyl sites for hydroxylation is 1. The fourth-order valence-electron chi connectivity index (χ4n) is 3.43. The lowest BCUT2D eigenvalue weighted by Gasteiger charge is -2.29. The maximum Gasteiger partial charge on any atom is 0.319 e. The van der Waals surface area contributed by atoms with Crippen molar-refractivity contribution in [1.82, 2.24) is 10.3 Å². The molecule has 0 bridgehead atoms. The van der Waals surface area contributed by atoms with Crippen molar-refractivity contribution in [2.24, 2.45) is 0 Å². The van der Waals surface area contributed by atoms with Crippen LogP contribution >= 0.6 is 0 Å². The van der Waals surface area contributed by atoms with Crippen molar-refractivity contribution >= 4 is 17.5 Å². The molecule has 160 valence electrons. The minimum atomic E-state index is -0.308. The fraction of sp³-hybridized carbons (Fsp3) is 0.250. The van der Waals surface area contributed by atoms with Crippen molar-refractivity contribution in [3.63, 3.8) is 0 Å². The van der Waals surface area contributed by atoms with Crippen LogP contribution in [-0.4, -0.2) is 37.3 Å². The average molecular weight is 418 g/mol. The van der Waals surface area contributed by atoms with Gasteiger partial charge in [0, 0.05) is 31.4 Å². The van der Waals surface area contributed by atoms with Gasteiger partial charge in [0.25, 0.3) is 0 Å². The number of nitrogens with zero attached hydrogens (tertiary/aromatic N) is 2. The van der Waals surface area contributed by atoms with E-state index in [2.05, 4.69) is 20.5 Å². The molecule has 0 spiro atoms. The lowest BCUT2D eigenvalue weighted by Crippen LogP contribution is -2.38. The molecule has 2 N–H and O–H groups in total. The van der Waals surface area contributed by atoms with Crippen LogP contribution in [-0.2, 0) is 11.3 Å². The fourth-order valence-corrected chi connectivity index (χ4v) is 3.43. The van der Waals surface area contributed by atoms with Crippen molar-refractivity contribution in [2.45, 2.75) is 13.5 Å². The molecule has 1 aliphatic heterocycles. The van der Waals surface area contributed by atoms with Crippen LogP contribution in [0, 0.1) is 6.92 Å². The van der Waals surface area contributed by atoms with E-state index in [1.165, 1.54) is 0 Å². The normalized spacial score (nSPS) is 13.5. The van der Waals surface area contributed by atoms with E-state index in [9.17, 15) is 4.79 Å². The van der Waals surface area contributed by atoms with Crippen molar-refractivity contribution in [3.05, 3.63) is 78.0 Å². The van der Waals surface area contributed by atoms with Gasteiger partial charge in [-0.25, -0.2) is 9.78 Å². The van der Waals surface area contributed by atoms with Gasteiger partial charge in [-0.05, 0) is 42.8 Å². The highest BCUT2D eigenvalue weighted by Gasteiger charge is 2.16. The first-order chi connectivity index (χ1) is 15.2. The Morgan fingerprint density at radius 3 is 2.77 bits per heavy atom. The number of rotatable bonds is 6. The first kappa shape index (κ1) is 20.7. The second-order valence-electron chi connectivity index (χ2n) is 7.31. The summed E-state index contributed by atoms with van der Waals surface area (Å²) in [6.45, 7) is 5.32. The SMILES string of the molecule is Cc1cccc(Oc2ccccc2NC(=O)NCc2cccnc2N2CCOCC2)c1. The number of amides is 2. The third-order valence-corrected chi connectivity index (χ3v) is 4.97. The smallest absolute Gasteiger partial charge is 0.319 e. The molecule has 1 fully saturated rings. The molecule has 7 heteroatoms. The molecule has 2 amide bonds. The van der Waals surface area contributed by atoms with Gasteiger partial charge < -0.3 is 25.0 Å². The summed E-state index contributed by atoms with van der Waals surface area (Å²) in [4.78, 5) is 19.3. The largest absolute Gasteiger partial charge is 0.455 e. The summed E-state index contributed by atoms with van der Waals surface area (Å²) in [5, 5.41) is 5.81. The molecule has 0 aliphatic carbocycles. The second-order valence-corrected chi connectivity index (χ2v) is 7.31. The minimum Gasteiger partial charge on any atom is -0.455 e. The van der Waals surface area contributed by atoms with Gasteiger partial charge in [0.1, 0.15) is 11.6 Å². The average Bonchev–Trinajstić information content (AvgIpc) is 2.80. The predicted molar refractivity (Wildman–Crippen MR) is 121 cm³/mol. The number of aromatic nitrogens is 1. The Morgan fingerprint density at radius 1 is 1.10 bits per heavy atom. The molecule has 3 aromatic rings. The second kappa shape index (κ2) is 9.95. The number of hydrogen-bond donors (Lipinski definition) is 2. The van der Waals surface area contributed by atoms with Crippen molar-refractivity contribution < 1.29 is 14.3 Å². The lowest BCUT2D eigenvalue weighted by molar-refractivity contribution is 0.122. The number of anilines is 2. The van der Waals surface area contributed by atoms with Crippen LogP contribution in [0.3, 0.4) is 0 Å². The maximum atomic E-state index is 12.6. The van der Waals surface area contributed by atoms with E-state index in [1.54, 1.807) is 6.20 Å². The highest BCUT2D eigenvalue weighted by atomic mass is 16.5. The molecule has 0 saturated carbocycles. The summed E-state index contributed by atoms with van der Waals surface area (Å²) >= 11 is 0. The molecule has 1 aromatic heterocycles. The topological polar surface area (TPSA) is 75.7 Å². The zero-order chi connectivity index (χ0) is 21.5. The molecule has 7 nitrogen and oxygen atoms in total. The Bertz CT molecular complexity index is 1030. The van der Waals surface area contributed by atoms with Crippen LogP contribution in [0.25, 0.3) is 0 Å².